The SMILES string of the molecule is Cc1cccc(Nc2cnnc(Nc3ccc(C(C)(C)C)cc3)n2)c1C. The lowest BCUT2D eigenvalue weighted by atomic mass is 9.87. The number of nitrogens with zero attached hydrogens (tertiary/aromatic N) is 3. The molecule has 0 unspecified atom stereocenters. The molecule has 0 saturated heterocycles. The predicted molar refractivity (Wildman–Crippen MR) is 107 cm³/mol. The second-order valence-electron chi connectivity index (χ2n) is 7.49. The molecule has 26 heavy (non-hydrogen) atoms. The summed E-state index contributed by atoms with van der Waals surface area (Å²) in [6.45, 7) is 10.8. The molecule has 0 amide bonds. The minimum absolute atomic E-state index is 0.131. The van der Waals surface area contributed by atoms with Gasteiger partial charge in [0.05, 0.1) is 6.20 Å². The van der Waals surface area contributed by atoms with E-state index in [0.29, 0.717) is 11.8 Å². The minimum atomic E-state index is 0.131. The Labute approximate surface area is 154 Å². The Morgan fingerprint density at radius 2 is 1.62 bits per heavy atom. The van der Waals surface area contributed by atoms with Crippen molar-refractivity contribution in [3.05, 3.63) is 65.4 Å². The summed E-state index contributed by atoms with van der Waals surface area (Å²) in [5, 5.41) is 14.6. The van der Waals surface area contributed by atoms with E-state index in [4.69, 9.17) is 0 Å². The Kier molecular flexibility index (Phi) is 4.89. The monoisotopic (exact) mass is 347 g/mol. The maximum atomic E-state index is 4.51. The average molecular weight is 347 g/mol. The number of nitrogens with one attached hydrogen (secondary N) is 2. The minimum Gasteiger partial charge on any atom is -0.339 e. The first-order valence-electron chi connectivity index (χ1n) is 8.73. The summed E-state index contributed by atoms with van der Waals surface area (Å²) in [5.41, 5.74) is 5.79. The highest BCUT2D eigenvalue weighted by molar-refractivity contribution is 5.63. The van der Waals surface area contributed by atoms with Crippen LogP contribution in [0.3, 0.4) is 0 Å². The van der Waals surface area contributed by atoms with E-state index in [-0.39, 0.29) is 5.41 Å². The fourth-order valence-corrected chi connectivity index (χ4v) is 2.62. The van der Waals surface area contributed by atoms with E-state index < -0.39 is 0 Å². The fraction of sp³-hybridized carbons (Fsp3) is 0.286. The molecule has 3 rings (SSSR count). The highest BCUT2D eigenvalue weighted by Gasteiger charge is 2.13. The summed E-state index contributed by atoms with van der Waals surface area (Å²) in [5.74, 6) is 1.12. The molecule has 0 aliphatic heterocycles. The van der Waals surface area contributed by atoms with Gasteiger partial charge in [0, 0.05) is 11.4 Å². The number of benzene rings is 2. The third-order valence-corrected chi connectivity index (χ3v) is 4.43. The molecule has 0 spiro atoms. The Morgan fingerprint density at radius 1 is 0.885 bits per heavy atom. The molecule has 5 heteroatoms. The van der Waals surface area contributed by atoms with E-state index in [9.17, 15) is 0 Å². The number of hydrogen-bond donors (Lipinski definition) is 2. The lowest BCUT2D eigenvalue weighted by molar-refractivity contribution is 0.590. The Balaban J connectivity index is 1.76. The second-order valence-corrected chi connectivity index (χ2v) is 7.49. The zero-order valence-electron chi connectivity index (χ0n) is 16.0. The number of aromatic nitrogens is 3. The van der Waals surface area contributed by atoms with Gasteiger partial charge in [-0.05, 0) is 54.2 Å². The van der Waals surface area contributed by atoms with E-state index in [0.717, 1.165) is 11.4 Å². The predicted octanol–water partition coefficient (Wildman–Crippen LogP) is 5.27. The van der Waals surface area contributed by atoms with Crippen LogP contribution in [0.4, 0.5) is 23.1 Å². The van der Waals surface area contributed by atoms with E-state index in [1.54, 1.807) is 6.20 Å². The van der Waals surface area contributed by atoms with Crippen LogP contribution in [-0.2, 0) is 5.41 Å². The van der Waals surface area contributed by atoms with Crippen LogP contribution in [0.25, 0.3) is 0 Å². The lowest BCUT2D eigenvalue weighted by Crippen LogP contribution is -2.10. The number of hydrogen-bond acceptors (Lipinski definition) is 5. The topological polar surface area (TPSA) is 62.7 Å². The molecule has 1 heterocycles. The number of anilines is 4. The first-order valence-corrected chi connectivity index (χ1v) is 8.73. The van der Waals surface area contributed by atoms with Gasteiger partial charge in [0.25, 0.3) is 0 Å². The van der Waals surface area contributed by atoms with Gasteiger partial charge in [0.15, 0.2) is 5.82 Å². The average Bonchev–Trinajstić information content (AvgIpc) is 2.59. The van der Waals surface area contributed by atoms with Crippen LogP contribution in [-0.4, -0.2) is 15.2 Å². The molecule has 2 aromatic carbocycles. The maximum absolute atomic E-state index is 4.51. The molecular weight excluding hydrogens is 322 g/mol. The fourth-order valence-electron chi connectivity index (χ4n) is 2.62. The lowest BCUT2D eigenvalue weighted by Gasteiger charge is -2.19. The zero-order valence-corrected chi connectivity index (χ0v) is 16.0. The van der Waals surface area contributed by atoms with Gasteiger partial charge in [0.1, 0.15) is 0 Å². The molecule has 0 fully saturated rings. The summed E-state index contributed by atoms with van der Waals surface area (Å²) in [4.78, 5) is 4.51. The van der Waals surface area contributed by atoms with Crippen LogP contribution in [0, 0.1) is 13.8 Å². The molecule has 0 aliphatic carbocycles. The third kappa shape index (κ3) is 4.17. The molecule has 3 aromatic rings. The van der Waals surface area contributed by atoms with Crippen LogP contribution in [0.1, 0.15) is 37.5 Å². The van der Waals surface area contributed by atoms with Crippen molar-refractivity contribution in [2.45, 2.75) is 40.0 Å². The summed E-state index contributed by atoms with van der Waals surface area (Å²) in [7, 11) is 0. The van der Waals surface area contributed by atoms with Gasteiger partial charge < -0.3 is 10.6 Å². The quantitative estimate of drug-likeness (QED) is 0.673. The summed E-state index contributed by atoms with van der Waals surface area (Å²) in [6, 6.07) is 14.5. The number of aryl methyl sites for hydroxylation is 1. The van der Waals surface area contributed by atoms with Gasteiger partial charge in [-0.2, -0.15) is 10.1 Å². The van der Waals surface area contributed by atoms with Crippen LogP contribution >= 0.6 is 0 Å². The summed E-state index contributed by atoms with van der Waals surface area (Å²) >= 11 is 0. The largest absolute Gasteiger partial charge is 0.339 e. The van der Waals surface area contributed by atoms with E-state index in [2.05, 4.69) is 78.6 Å². The number of rotatable bonds is 4. The van der Waals surface area contributed by atoms with Gasteiger partial charge in [-0.1, -0.05) is 45.0 Å². The molecule has 1 aromatic heterocycles. The first kappa shape index (κ1) is 17.9. The van der Waals surface area contributed by atoms with Crippen molar-refractivity contribution in [1.29, 1.82) is 0 Å². The molecule has 5 nitrogen and oxygen atoms in total. The van der Waals surface area contributed by atoms with Crippen molar-refractivity contribution in [1.82, 2.24) is 15.2 Å². The van der Waals surface area contributed by atoms with Crippen LogP contribution in [0.2, 0.25) is 0 Å². The van der Waals surface area contributed by atoms with Crippen LogP contribution in [0.5, 0.6) is 0 Å². The molecule has 0 aliphatic rings. The van der Waals surface area contributed by atoms with Crippen molar-refractivity contribution in [2.24, 2.45) is 0 Å². The summed E-state index contributed by atoms with van der Waals surface area (Å²) < 4.78 is 0. The normalized spacial score (nSPS) is 11.3. The molecule has 0 radical (unpaired) electrons. The third-order valence-electron chi connectivity index (χ3n) is 4.43. The molecule has 0 saturated carbocycles. The molecular formula is C21H25N5. The highest BCUT2D eigenvalue weighted by Crippen LogP contribution is 2.25. The molecule has 0 bridgehead atoms. The zero-order chi connectivity index (χ0) is 18.7. The maximum Gasteiger partial charge on any atom is 0.249 e. The van der Waals surface area contributed by atoms with E-state index in [1.165, 1.54) is 16.7 Å². The molecule has 2 N–H and O–H groups in total. The summed E-state index contributed by atoms with van der Waals surface area (Å²) in [6.07, 6.45) is 1.62. The Morgan fingerprint density at radius 3 is 2.31 bits per heavy atom. The standard InChI is InChI=1S/C21H25N5/c1-14-7-6-8-18(15(14)2)24-19-13-22-26-20(25-19)23-17-11-9-16(10-12-17)21(3,4)5/h6-13H,1-5H3,(H2,23,24,25,26). The second kappa shape index (κ2) is 7.12. The first-order chi connectivity index (χ1) is 12.3. The van der Waals surface area contributed by atoms with Gasteiger partial charge in [-0.3, -0.25) is 0 Å². The Hall–Kier alpha value is -2.95. The van der Waals surface area contributed by atoms with Gasteiger partial charge in [-0.25, -0.2) is 0 Å². The van der Waals surface area contributed by atoms with Crippen LogP contribution in [0.15, 0.2) is 48.7 Å². The van der Waals surface area contributed by atoms with Crippen molar-refractivity contribution < 1.29 is 0 Å². The smallest absolute Gasteiger partial charge is 0.249 e. The Bertz CT molecular complexity index is 895. The highest BCUT2D eigenvalue weighted by atomic mass is 15.3. The molecule has 134 valence electrons. The van der Waals surface area contributed by atoms with Crippen molar-refractivity contribution in [3.63, 3.8) is 0 Å². The van der Waals surface area contributed by atoms with E-state index in [1.807, 2.05) is 24.3 Å². The van der Waals surface area contributed by atoms with Gasteiger partial charge in [0.2, 0.25) is 5.95 Å². The molecule has 0 atom stereocenters. The van der Waals surface area contributed by atoms with Crippen LogP contribution < -0.4 is 10.6 Å². The van der Waals surface area contributed by atoms with Crippen molar-refractivity contribution in [3.8, 4) is 0 Å². The van der Waals surface area contributed by atoms with Gasteiger partial charge in [-0.15, -0.1) is 5.10 Å². The van der Waals surface area contributed by atoms with Gasteiger partial charge >= 0.3 is 0 Å². The van der Waals surface area contributed by atoms with Crippen molar-refractivity contribution >= 4 is 23.1 Å². The van der Waals surface area contributed by atoms with E-state index >= 15 is 0 Å². The van der Waals surface area contributed by atoms with Crippen molar-refractivity contribution in [2.75, 3.05) is 10.6 Å².